The molecule has 0 saturated carbocycles. The second kappa shape index (κ2) is 8.65. The van der Waals surface area contributed by atoms with Gasteiger partial charge in [-0.1, -0.05) is 42.5 Å². The molecule has 2 aliphatic rings. The van der Waals surface area contributed by atoms with Crippen LogP contribution in [0.15, 0.2) is 53.3 Å². The van der Waals surface area contributed by atoms with E-state index in [1.165, 1.54) is 4.31 Å². The van der Waals surface area contributed by atoms with Gasteiger partial charge in [-0.25, -0.2) is 8.42 Å². The van der Waals surface area contributed by atoms with Crippen molar-refractivity contribution in [3.63, 3.8) is 0 Å². The van der Waals surface area contributed by atoms with Gasteiger partial charge in [-0.3, -0.25) is 9.59 Å². The summed E-state index contributed by atoms with van der Waals surface area (Å²) in [5.74, 6) is -1.46. The number of nitrogens with one attached hydrogen (secondary N) is 1. The van der Waals surface area contributed by atoms with E-state index in [0.29, 0.717) is 11.3 Å². The third kappa shape index (κ3) is 3.80. The van der Waals surface area contributed by atoms with Gasteiger partial charge in [-0.05, 0) is 24.6 Å². The molecule has 0 aliphatic carbocycles. The van der Waals surface area contributed by atoms with E-state index < -0.39 is 33.9 Å². The zero-order valence-corrected chi connectivity index (χ0v) is 18.8. The molecule has 170 valence electrons. The third-order valence-electron chi connectivity index (χ3n) is 6.36. The van der Waals surface area contributed by atoms with Crippen molar-refractivity contribution in [3.05, 3.63) is 75.7 Å². The van der Waals surface area contributed by atoms with Crippen molar-refractivity contribution in [1.29, 1.82) is 0 Å². The fraction of sp³-hybridized carbons (Fsp3) is 0.391. The Hall–Kier alpha value is -2.75. The number of pyridine rings is 1. The molecule has 2 aromatic rings. The standard InChI is InChI=1S/C23H27N3O5S/c1-3-7-16-10-11-19-20-17(13-25(19)23(16)29)18(14-27)21(26(20)32(2,30)31)22(28)24-12-15-8-5-4-6-9-15/h3-11,17-18,20-21,27H,12-14H2,1-2H3,(H,24,28)/b7-3+/t17-,18-,20+,21-/m0/s1. The average molecular weight is 458 g/mol. The Kier molecular flexibility index (Phi) is 6.07. The summed E-state index contributed by atoms with van der Waals surface area (Å²) >= 11 is 0. The van der Waals surface area contributed by atoms with Gasteiger partial charge in [0, 0.05) is 42.8 Å². The summed E-state index contributed by atoms with van der Waals surface area (Å²) in [6.45, 7) is 1.97. The lowest BCUT2D eigenvalue weighted by molar-refractivity contribution is -0.126. The summed E-state index contributed by atoms with van der Waals surface area (Å²) in [5, 5.41) is 13.0. The summed E-state index contributed by atoms with van der Waals surface area (Å²) in [7, 11) is -3.82. The Morgan fingerprint density at radius 1 is 1.22 bits per heavy atom. The van der Waals surface area contributed by atoms with Crippen LogP contribution in [0.5, 0.6) is 0 Å². The van der Waals surface area contributed by atoms with Gasteiger partial charge >= 0.3 is 0 Å². The van der Waals surface area contributed by atoms with E-state index in [1.807, 2.05) is 37.3 Å². The number of benzene rings is 1. The van der Waals surface area contributed by atoms with Gasteiger partial charge < -0.3 is 15.0 Å². The van der Waals surface area contributed by atoms with Gasteiger partial charge in [0.25, 0.3) is 5.56 Å². The van der Waals surface area contributed by atoms with Gasteiger partial charge in [0.15, 0.2) is 0 Å². The summed E-state index contributed by atoms with van der Waals surface area (Å²) < 4.78 is 28.5. The first kappa shape index (κ1) is 22.4. The maximum Gasteiger partial charge on any atom is 0.258 e. The number of aromatic nitrogens is 1. The van der Waals surface area contributed by atoms with E-state index in [9.17, 15) is 23.1 Å². The molecule has 1 aromatic heterocycles. The van der Waals surface area contributed by atoms with Crippen LogP contribution in [0.4, 0.5) is 0 Å². The number of carbonyl (C=O) groups is 1. The fourth-order valence-corrected chi connectivity index (χ4v) is 6.37. The van der Waals surface area contributed by atoms with E-state index in [4.69, 9.17) is 0 Å². The van der Waals surface area contributed by atoms with Crippen LogP contribution >= 0.6 is 0 Å². The lowest BCUT2D eigenvalue weighted by Crippen LogP contribution is -2.49. The van der Waals surface area contributed by atoms with E-state index in [-0.39, 0.29) is 31.2 Å². The topological polar surface area (TPSA) is 109 Å². The Labute approximate surface area is 187 Å². The van der Waals surface area contributed by atoms with Crippen LogP contribution in [0, 0.1) is 11.8 Å². The predicted octanol–water partition coefficient (Wildman–Crippen LogP) is 1.12. The van der Waals surface area contributed by atoms with Crippen molar-refractivity contribution in [2.75, 3.05) is 12.9 Å². The first-order valence-corrected chi connectivity index (χ1v) is 12.4. The summed E-state index contributed by atoms with van der Waals surface area (Å²) in [4.78, 5) is 26.1. The number of aliphatic hydroxyl groups is 1. The van der Waals surface area contributed by atoms with Gasteiger partial charge in [0.05, 0.1) is 12.3 Å². The molecule has 4 rings (SSSR count). The second-order valence-corrected chi connectivity index (χ2v) is 10.2. The molecule has 8 nitrogen and oxygen atoms in total. The molecule has 2 aliphatic heterocycles. The van der Waals surface area contributed by atoms with E-state index in [2.05, 4.69) is 5.32 Å². The SMILES string of the molecule is C/C=C/c1ccc2n(c1=O)C[C@H]1[C@H](CO)[C@@H](C(=O)NCc3ccccc3)N(S(C)(=O)=O)[C@@H]21. The molecule has 3 heterocycles. The Morgan fingerprint density at radius 2 is 1.94 bits per heavy atom. The molecule has 0 bridgehead atoms. The number of fused-ring (bicyclic) bond motifs is 3. The molecule has 0 radical (unpaired) electrons. The summed E-state index contributed by atoms with van der Waals surface area (Å²) in [6, 6.07) is 11.0. The maximum atomic E-state index is 13.2. The molecular weight excluding hydrogens is 430 g/mol. The van der Waals surface area contributed by atoms with Crippen LogP contribution in [0.1, 0.15) is 29.8 Å². The quantitative estimate of drug-likeness (QED) is 0.676. The van der Waals surface area contributed by atoms with Crippen molar-refractivity contribution in [3.8, 4) is 0 Å². The number of allylic oxidation sites excluding steroid dienone is 1. The lowest BCUT2D eigenvalue weighted by atomic mass is 9.88. The second-order valence-electron chi connectivity index (χ2n) is 8.33. The highest BCUT2D eigenvalue weighted by molar-refractivity contribution is 7.88. The number of carbonyl (C=O) groups excluding carboxylic acids is 1. The summed E-state index contributed by atoms with van der Waals surface area (Å²) in [6.07, 6.45) is 4.55. The number of sulfonamides is 1. The molecule has 0 unspecified atom stereocenters. The number of hydrogen-bond acceptors (Lipinski definition) is 5. The van der Waals surface area contributed by atoms with Gasteiger partial charge in [-0.15, -0.1) is 0 Å². The largest absolute Gasteiger partial charge is 0.396 e. The lowest BCUT2D eigenvalue weighted by Gasteiger charge is -2.28. The number of rotatable bonds is 6. The highest BCUT2D eigenvalue weighted by atomic mass is 32.2. The Bertz CT molecular complexity index is 1210. The molecule has 4 atom stereocenters. The van der Waals surface area contributed by atoms with Gasteiger partial charge in [-0.2, -0.15) is 4.31 Å². The molecular formula is C23H27N3O5S. The molecule has 32 heavy (non-hydrogen) atoms. The van der Waals surface area contributed by atoms with Crippen LogP contribution in [0.2, 0.25) is 0 Å². The number of hydrogen-bond donors (Lipinski definition) is 2. The smallest absolute Gasteiger partial charge is 0.258 e. The molecule has 1 amide bonds. The van der Waals surface area contributed by atoms with Crippen LogP contribution in [0.25, 0.3) is 6.08 Å². The molecule has 1 aromatic carbocycles. The van der Waals surface area contributed by atoms with E-state index >= 15 is 0 Å². The van der Waals surface area contributed by atoms with Crippen molar-refractivity contribution in [2.45, 2.75) is 32.1 Å². The average Bonchev–Trinajstić information content (AvgIpc) is 3.29. The van der Waals surface area contributed by atoms with Crippen molar-refractivity contribution in [1.82, 2.24) is 14.2 Å². The minimum Gasteiger partial charge on any atom is -0.396 e. The van der Waals surface area contributed by atoms with E-state index in [1.54, 1.807) is 28.9 Å². The first-order chi connectivity index (χ1) is 15.3. The fourth-order valence-electron chi connectivity index (χ4n) is 5.02. The molecule has 1 fully saturated rings. The number of aliphatic hydroxyl groups excluding tert-OH is 1. The van der Waals surface area contributed by atoms with Crippen molar-refractivity contribution >= 4 is 22.0 Å². The Morgan fingerprint density at radius 3 is 2.56 bits per heavy atom. The van der Waals surface area contributed by atoms with Crippen LogP contribution in [-0.2, 0) is 27.9 Å². The monoisotopic (exact) mass is 457 g/mol. The molecule has 2 N–H and O–H groups in total. The van der Waals surface area contributed by atoms with Crippen LogP contribution < -0.4 is 10.9 Å². The third-order valence-corrected chi connectivity index (χ3v) is 7.58. The van der Waals surface area contributed by atoms with Gasteiger partial charge in [0.1, 0.15) is 6.04 Å². The van der Waals surface area contributed by atoms with Crippen molar-refractivity contribution < 1.29 is 18.3 Å². The minimum absolute atomic E-state index is 0.204. The zero-order chi connectivity index (χ0) is 23.0. The highest BCUT2D eigenvalue weighted by Crippen LogP contribution is 2.50. The summed E-state index contributed by atoms with van der Waals surface area (Å²) in [5.41, 5.74) is 1.75. The van der Waals surface area contributed by atoms with Crippen LogP contribution in [-0.4, -0.2) is 47.2 Å². The van der Waals surface area contributed by atoms with Crippen molar-refractivity contribution in [2.24, 2.45) is 11.8 Å². The number of nitrogens with zero attached hydrogens (tertiary/aromatic N) is 2. The van der Waals surface area contributed by atoms with Gasteiger partial charge in [0.2, 0.25) is 15.9 Å². The maximum absolute atomic E-state index is 13.2. The predicted molar refractivity (Wildman–Crippen MR) is 121 cm³/mol. The minimum atomic E-state index is -3.82. The molecule has 1 saturated heterocycles. The Balaban J connectivity index is 1.72. The number of amides is 1. The first-order valence-electron chi connectivity index (χ1n) is 10.6. The van der Waals surface area contributed by atoms with Crippen LogP contribution in [0.3, 0.4) is 0 Å². The zero-order valence-electron chi connectivity index (χ0n) is 18.0. The molecule has 0 spiro atoms. The highest BCUT2D eigenvalue weighted by Gasteiger charge is 2.58. The normalized spacial score (nSPS) is 25.1. The molecule has 9 heteroatoms. The van der Waals surface area contributed by atoms with E-state index in [0.717, 1.165) is 11.8 Å².